The zero-order valence-corrected chi connectivity index (χ0v) is 12.4. The Morgan fingerprint density at radius 3 is 2.65 bits per heavy atom. The Labute approximate surface area is 123 Å². The molecule has 0 radical (unpaired) electrons. The quantitative estimate of drug-likeness (QED) is 0.828. The highest BCUT2D eigenvalue weighted by Gasteiger charge is 2.20. The van der Waals surface area contributed by atoms with Crippen LogP contribution in [0.5, 0.6) is 0 Å². The second-order valence-electron chi connectivity index (χ2n) is 3.72. The van der Waals surface area contributed by atoms with Gasteiger partial charge in [0.15, 0.2) is 0 Å². The number of carboxylic acid groups (broad SMARTS) is 1. The van der Waals surface area contributed by atoms with Crippen LogP contribution in [0.2, 0.25) is 5.15 Å². The third kappa shape index (κ3) is 3.24. The second kappa shape index (κ2) is 5.35. The number of nitrogens with one attached hydrogen (secondary N) is 1. The molecule has 0 saturated carbocycles. The van der Waals surface area contributed by atoms with Gasteiger partial charge >= 0.3 is 5.97 Å². The fourth-order valence-electron chi connectivity index (χ4n) is 1.32. The molecule has 0 aliphatic carbocycles. The lowest BCUT2D eigenvalue weighted by Crippen LogP contribution is -2.14. The number of aromatic nitrogens is 2. The number of carbonyl (C=O) groups is 1. The molecule has 2 heterocycles. The van der Waals surface area contributed by atoms with Gasteiger partial charge in [-0.15, -0.1) is 11.3 Å². The average molecular weight is 334 g/mol. The van der Waals surface area contributed by atoms with Gasteiger partial charge in [-0.05, 0) is 19.1 Å². The molecule has 0 atom stereocenters. The van der Waals surface area contributed by atoms with Gasteiger partial charge in [0, 0.05) is 11.1 Å². The molecule has 7 nitrogen and oxygen atoms in total. The first-order chi connectivity index (χ1) is 9.28. The number of hydrogen-bond donors (Lipinski definition) is 2. The van der Waals surface area contributed by atoms with Crippen LogP contribution in [-0.2, 0) is 10.0 Å². The lowest BCUT2D eigenvalue weighted by Gasteiger charge is -2.05. The summed E-state index contributed by atoms with van der Waals surface area (Å²) in [6, 6.07) is 2.54. The monoisotopic (exact) mass is 333 g/mol. The number of rotatable bonds is 4. The summed E-state index contributed by atoms with van der Waals surface area (Å²) in [5.41, 5.74) is 0.402. The Hall–Kier alpha value is -1.71. The summed E-state index contributed by atoms with van der Waals surface area (Å²) in [5, 5.41) is 10.1. The van der Waals surface area contributed by atoms with Crippen LogP contribution in [0.3, 0.4) is 0 Å². The Balaban J connectivity index is 2.32. The topological polar surface area (TPSA) is 109 Å². The van der Waals surface area contributed by atoms with E-state index in [1.54, 1.807) is 6.92 Å². The predicted molar refractivity (Wildman–Crippen MR) is 73.9 cm³/mol. The van der Waals surface area contributed by atoms with Gasteiger partial charge in [-0.3, -0.25) is 0 Å². The molecule has 0 fully saturated rings. The molecule has 2 rings (SSSR count). The molecule has 20 heavy (non-hydrogen) atoms. The summed E-state index contributed by atoms with van der Waals surface area (Å²) in [6.45, 7) is 1.64. The van der Waals surface area contributed by atoms with Crippen molar-refractivity contribution in [3.63, 3.8) is 0 Å². The van der Waals surface area contributed by atoms with Crippen LogP contribution in [0, 0.1) is 6.92 Å². The second-order valence-corrected chi connectivity index (χ2v) is 6.93. The number of aromatic carboxylic acids is 1. The molecule has 0 unspecified atom stereocenters. The van der Waals surface area contributed by atoms with Crippen molar-refractivity contribution >= 4 is 44.9 Å². The Bertz CT molecular complexity index is 752. The number of sulfonamides is 1. The van der Waals surface area contributed by atoms with Crippen molar-refractivity contribution in [3.05, 3.63) is 33.9 Å². The number of anilines is 1. The maximum Gasteiger partial charge on any atom is 0.336 e. The third-order valence-corrected chi connectivity index (χ3v) is 5.10. The van der Waals surface area contributed by atoms with Gasteiger partial charge in [0.25, 0.3) is 10.0 Å². The number of thiophene rings is 1. The molecule has 2 aromatic rings. The van der Waals surface area contributed by atoms with Crippen molar-refractivity contribution in [1.82, 2.24) is 9.97 Å². The lowest BCUT2D eigenvalue weighted by molar-refractivity contribution is 0.0697. The SMILES string of the molecule is Cc1cc(Cl)nc(NS(=O)(=O)c2cc(C(=O)O)cs2)n1. The minimum Gasteiger partial charge on any atom is -0.478 e. The highest BCUT2D eigenvalue weighted by molar-refractivity contribution is 7.94. The van der Waals surface area contributed by atoms with E-state index in [9.17, 15) is 13.2 Å². The van der Waals surface area contributed by atoms with Gasteiger partial charge in [-0.1, -0.05) is 11.6 Å². The van der Waals surface area contributed by atoms with Crippen molar-refractivity contribution in [2.75, 3.05) is 4.72 Å². The average Bonchev–Trinajstić information content (AvgIpc) is 2.76. The number of nitrogens with zero attached hydrogens (tertiary/aromatic N) is 2. The molecule has 0 bridgehead atoms. The number of hydrogen-bond acceptors (Lipinski definition) is 6. The van der Waals surface area contributed by atoms with Gasteiger partial charge in [0.05, 0.1) is 5.56 Å². The molecule has 2 aromatic heterocycles. The van der Waals surface area contributed by atoms with E-state index in [0.717, 1.165) is 17.4 Å². The maximum atomic E-state index is 12.0. The van der Waals surface area contributed by atoms with E-state index in [2.05, 4.69) is 14.7 Å². The highest BCUT2D eigenvalue weighted by atomic mass is 35.5. The minimum absolute atomic E-state index is 0.0985. The van der Waals surface area contributed by atoms with E-state index in [1.807, 2.05) is 0 Å². The number of halogens is 1. The van der Waals surface area contributed by atoms with E-state index in [0.29, 0.717) is 5.69 Å². The van der Waals surface area contributed by atoms with Crippen LogP contribution in [-0.4, -0.2) is 29.5 Å². The summed E-state index contributed by atoms with van der Waals surface area (Å²) in [5.74, 6) is -1.36. The first-order valence-electron chi connectivity index (χ1n) is 5.14. The van der Waals surface area contributed by atoms with Crippen LogP contribution < -0.4 is 4.72 Å². The van der Waals surface area contributed by atoms with E-state index in [-0.39, 0.29) is 20.9 Å². The molecule has 0 amide bonds. The largest absolute Gasteiger partial charge is 0.478 e. The van der Waals surface area contributed by atoms with Crippen LogP contribution in [0.1, 0.15) is 16.1 Å². The first kappa shape index (κ1) is 14.7. The number of carboxylic acids is 1. The number of aryl methyl sites for hydroxylation is 1. The summed E-state index contributed by atoms with van der Waals surface area (Å²) >= 11 is 6.50. The Kier molecular flexibility index (Phi) is 3.93. The van der Waals surface area contributed by atoms with E-state index in [4.69, 9.17) is 16.7 Å². The Morgan fingerprint density at radius 2 is 2.10 bits per heavy atom. The van der Waals surface area contributed by atoms with Crippen molar-refractivity contribution in [2.45, 2.75) is 11.1 Å². The molecule has 0 saturated heterocycles. The van der Waals surface area contributed by atoms with Crippen LogP contribution in [0.15, 0.2) is 21.7 Å². The third-order valence-electron chi connectivity index (χ3n) is 2.14. The first-order valence-corrected chi connectivity index (χ1v) is 7.88. The zero-order chi connectivity index (χ0) is 14.9. The zero-order valence-electron chi connectivity index (χ0n) is 9.99. The van der Waals surface area contributed by atoms with Crippen LogP contribution in [0.4, 0.5) is 5.95 Å². The Morgan fingerprint density at radius 1 is 1.40 bits per heavy atom. The molecule has 2 N–H and O–H groups in total. The summed E-state index contributed by atoms with van der Waals surface area (Å²) in [7, 11) is -3.94. The normalized spacial score (nSPS) is 11.3. The summed E-state index contributed by atoms with van der Waals surface area (Å²) < 4.78 is 26.1. The van der Waals surface area contributed by atoms with Gasteiger partial charge < -0.3 is 5.11 Å². The molecule has 0 spiro atoms. The lowest BCUT2D eigenvalue weighted by atomic mass is 10.4. The van der Waals surface area contributed by atoms with Gasteiger partial charge in [0.2, 0.25) is 5.95 Å². The molecule has 0 aliphatic heterocycles. The van der Waals surface area contributed by atoms with Gasteiger partial charge in [-0.25, -0.2) is 27.9 Å². The van der Waals surface area contributed by atoms with Crippen molar-refractivity contribution in [1.29, 1.82) is 0 Å². The fourth-order valence-corrected chi connectivity index (χ4v) is 3.65. The van der Waals surface area contributed by atoms with Crippen molar-refractivity contribution in [3.8, 4) is 0 Å². The molecule has 0 aromatic carbocycles. The summed E-state index contributed by atoms with van der Waals surface area (Å²) in [4.78, 5) is 18.4. The van der Waals surface area contributed by atoms with Gasteiger partial charge in [-0.2, -0.15) is 0 Å². The van der Waals surface area contributed by atoms with Crippen LogP contribution in [0.25, 0.3) is 0 Å². The van der Waals surface area contributed by atoms with Crippen molar-refractivity contribution < 1.29 is 18.3 Å². The van der Waals surface area contributed by atoms with Crippen molar-refractivity contribution in [2.24, 2.45) is 0 Å². The summed E-state index contributed by atoms with van der Waals surface area (Å²) in [6.07, 6.45) is 0. The molecule has 106 valence electrons. The van der Waals surface area contributed by atoms with E-state index < -0.39 is 16.0 Å². The predicted octanol–water partition coefficient (Wildman–Crippen LogP) is 2.00. The smallest absolute Gasteiger partial charge is 0.336 e. The standard InChI is InChI=1S/C10H8ClN3O4S2/c1-5-2-7(11)13-10(12-5)14-20(17,18)8-3-6(4-19-8)9(15)16/h2-4H,1H3,(H,15,16)(H,12,13,14). The molecular weight excluding hydrogens is 326 g/mol. The molecule has 10 heteroatoms. The minimum atomic E-state index is -3.94. The van der Waals surface area contributed by atoms with Gasteiger partial charge in [0.1, 0.15) is 9.36 Å². The van der Waals surface area contributed by atoms with E-state index >= 15 is 0 Å². The molecule has 0 aliphatic rings. The van der Waals surface area contributed by atoms with E-state index in [1.165, 1.54) is 11.4 Å². The maximum absolute atomic E-state index is 12.0. The highest BCUT2D eigenvalue weighted by Crippen LogP contribution is 2.22. The van der Waals surface area contributed by atoms with Crippen LogP contribution >= 0.6 is 22.9 Å². The fraction of sp³-hybridized carbons (Fsp3) is 0.100. The molecular formula is C10H8ClN3O4S2.